The fraction of sp³-hybridized carbons (Fsp3) is 0.238. The van der Waals surface area contributed by atoms with Gasteiger partial charge in [0.05, 0.1) is 21.8 Å². The summed E-state index contributed by atoms with van der Waals surface area (Å²) >= 11 is 0. The number of carbonyl (C=O) groups is 4. The lowest BCUT2D eigenvalue weighted by molar-refractivity contribution is -0.384. The van der Waals surface area contributed by atoms with E-state index >= 15 is 0 Å². The van der Waals surface area contributed by atoms with Gasteiger partial charge in [-0.25, -0.2) is 13.2 Å². The maximum Gasteiger partial charge on any atom is 0.329 e. The van der Waals surface area contributed by atoms with Crippen LogP contribution in [0.15, 0.2) is 48.5 Å². The Hall–Kier alpha value is -3.93. The van der Waals surface area contributed by atoms with Gasteiger partial charge in [0.2, 0.25) is 5.78 Å². The summed E-state index contributed by atoms with van der Waals surface area (Å²) < 4.78 is 28.3. The summed E-state index contributed by atoms with van der Waals surface area (Å²) in [6.45, 7) is -0.821. The van der Waals surface area contributed by atoms with Crippen LogP contribution in [-0.2, 0) is 19.4 Å². The number of benzene rings is 2. The molecule has 1 aliphatic rings. The summed E-state index contributed by atoms with van der Waals surface area (Å²) in [5.41, 5.74) is -0.283. The Balaban J connectivity index is 1.80. The zero-order chi connectivity index (χ0) is 24.3. The smallest absolute Gasteiger partial charge is 0.329 e. The lowest BCUT2D eigenvalue weighted by Gasteiger charge is -2.24. The van der Waals surface area contributed by atoms with Crippen LogP contribution in [0.25, 0.3) is 0 Å². The van der Waals surface area contributed by atoms with Gasteiger partial charge in [-0.05, 0) is 18.6 Å². The van der Waals surface area contributed by atoms with E-state index in [1.807, 2.05) is 0 Å². The molecule has 0 aliphatic carbocycles. The van der Waals surface area contributed by atoms with Crippen molar-refractivity contribution in [3.63, 3.8) is 0 Å². The third kappa shape index (κ3) is 5.29. The Kier molecular flexibility index (Phi) is 6.68. The Bertz CT molecular complexity index is 1240. The highest BCUT2D eigenvalue weighted by molar-refractivity contribution is 7.90. The summed E-state index contributed by atoms with van der Waals surface area (Å²) in [4.78, 5) is 61.5. The van der Waals surface area contributed by atoms with Crippen molar-refractivity contribution in [2.75, 3.05) is 18.6 Å². The summed E-state index contributed by atoms with van der Waals surface area (Å²) in [6.07, 6.45) is 0.512. The largest absolute Gasteiger partial charge is 0.456 e. The highest BCUT2D eigenvalue weighted by atomic mass is 32.2. The number of nitro benzene ring substituents is 1. The second-order valence-electron chi connectivity index (χ2n) is 7.30. The number of ketones is 1. The number of amides is 2. The normalized spacial score (nSPS) is 14.0. The molecular formula is C21H18N2O9S. The number of imide groups is 1. The van der Waals surface area contributed by atoms with Gasteiger partial charge in [-0.3, -0.25) is 29.4 Å². The monoisotopic (exact) mass is 474 g/mol. The molecule has 1 aliphatic heterocycles. The number of esters is 1. The fourth-order valence-corrected chi connectivity index (χ4v) is 3.93. The SMILES string of the molecule is CS(=O)(=O)CCC(C(=O)OCC(=O)c1cccc([N+](=O)[O-])c1)N1C(=O)c2ccccc2C1=O. The molecule has 3 rings (SSSR count). The van der Waals surface area contributed by atoms with Gasteiger partial charge in [-0.2, -0.15) is 0 Å². The fourth-order valence-electron chi connectivity index (χ4n) is 3.28. The van der Waals surface area contributed by atoms with Crippen molar-refractivity contribution in [3.05, 3.63) is 75.3 Å². The zero-order valence-corrected chi connectivity index (χ0v) is 18.1. The predicted molar refractivity (Wildman–Crippen MR) is 113 cm³/mol. The quantitative estimate of drug-likeness (QED) is 0.172. The van der Waals surface area contributed by atoms with E-state index in [0.717, 1.165) is 12.3 Å². The number of hydrogen-bond acceptors (Lipinski definition) is 9. The van der Waals surface area contributed by atoms with E-state index in [2.05, 4.69) is 0 Å². The van der Waals surface area contributed by atoms with Crippen LogP contribution in [-0.4, -0.2) is 66.5 Å². The first-order valence-corrected chi connectivity index (χ1v) is 11.6. The number of ether oxygens (including phenoxy) is 1. The van der Waals surface area contributed by atoms with Crippen LogP contribution >= 0.6 is 0 Å². The van der Waals surface area contributed by atoms with Gasteiger partial charge in [0.15, 0.2) is 6.61 Å². The molecular weight excluding hydrogens is 456 g/mol. The Morgan fingerprint density at radius 1 is 1.06 bits per heavy atom. The number of nitrogens with zero attached hydrogens (tertiary/aromatic N) is 2. The summed E-state index contributed by atoms with van der Waals surface area (Å²) in [7, 11) is -3.56. The van der Waals surface area contributed by atoms with Crippen molar-refractivity contribution in [2.45, 2.75) is 12.5 Å². The van der Waals surface area contributed by atoms with Crippen molar-refractivity contribution >= 4 is 39.1 Å². The third-order valence-electron chi connectivity index (χ3n) is 4.90. The summed E-state index contributed by atoms with van der Waals surface area (Å²) in [5, 5.41) is 10.9. The lowest BCUT2D eigenvalue weighted by Crippen LogP contribution is -2.46. The van der Waals surface area contributed by atoms with Crippen LogP contribution < -0.4 is 0 Å². The average Bonchev–Trinajstić information content (AvgIpc) is 3.02. The first kappa shape index (κ1) is 23.7. The van der Waals surface area contributed by atoms with Gasteiger partial charge in [-0.1, -0.05) is 24.3 Å². The minimum absolute atomic E-state index is 0.0623. The zero-order valence-electron chi connectivity index (χ0n) is 17.3. The maximum atomic E-state index is 12.8. The molecule has 2 amide bonds. The van der Waals surface area contributed by atoms with Gasteiger partial charge in [0.1, 0.15) is 15.9 Å². The molecule has 11 nitrogen and oxygen atoms in total. The second-order valence-corrected chi connectivity index (χ2v) is 9.56. The topological polar surface area (TPSA) is 158 Å². The molecule has 0 N–H and O–H groups in total. The van der Waals surface area contributed by atoms with Gasteiger partial charge in [0.25, 0.3) is 17.5 Å². The number of sulfone groups is 1. The highest BCUT2D eigenvalue weighted by Crippen LogP contribution is 2.26. The van der Waals surface area contributed by atoms with Crippen LogP contribution in [0.5, 0.6) is 0 Å². The van der Waals surface area contributed by atoms with Crippen molar-refractivity contribution in [1.29, 1.82) is 0 Å². The second kappa shape index (κ2) is 9.28. The van der Waals surface area contributed by atoms with Crippen molar-refractivity contribution in [2.24, 2.45) is 0 Å². The molecule has 0 bridgehead atoms. The first-order valence-electron chi connectivity index (χ1n) is 9.58. The molecule has 0 aromatic heterocycles. The summed E-state index contributed by atoms with van der Waals surface area (Å²) in [6, 6.07) is 9.10. The van der Waals surface area contributed by atoms with E-state index in [1.54, 1.807) is 0 Å². The van der Waals surface area contributed by atoms with Crippen LogP contribution in [0, 0.1) is 10.1 Å². The van der Waals surface area contributed by atoms with Gasteiger partial charge >= 0.3 is 5.97 Å². The maximum absolute atomic E-state index is 12.8. The minimum Gasteiger partial charge on any atom is -0.456 e. The van der Waals surface area contributed by atoms with E-state index in [9.17, 15) is 37.7 Å². The predicted octanol–water partition coefficient (Wildman–Crippen LogP) is 1.42. The van der Waals surface area contributed by atoms with E-state index < -0.39 is 63.1 Å². The van der Waals surface area contributed by atoms with Gasteiger partial charge in [0, 0.05) is 24.0 Å². The number of nitro groups is 1. The van der Waals surface area contributed by atoms with Crippen molar-refractivity contribution in [3.8, 4) is 0 Å². The number of non-ortho nitro benzene ring substituents is 1. The number of Topliss-reactive ketones (excluding diaryl/α,β-unsaturated/α-hetero) is 1. The molecule has 1 atom stereocenters. The number of hydrogen-bond donors (Lipinski definition) is 0. The standard InChI is InChI=1S/C21H18N2O9S/c1-33(30,31)10-9-17(22-19(25)15-7-2-3-8-16(15)20(22)26)21(27)32-12-18(24)13-5-4-6-14(11-13)23(28)29/h2-8,11,17H,9-10,12H2,1H3. The molecule has 0 radical (unpaired) electrons. The Morgan fingerprint density at radius 2 is 1.67 bits per heavy atom. The molecule has 0 fully saturated rings. The van der Waals surface area contributed by atoms with Crippen molar-refractivity contribution in [1.82, 2.24) is 4.90 Å². The van der Waals surface area contributed by atoms with Crippen LogP contribution in [0.1, 0.15) is 37.5 Å². The highest BCUT2D eigenvalue weighted by Gasteiger charge is 2.43. The van der Waals surface area contributed by atoms with Gasteiger partial charge in [-0.15, -0.1) is 0 Å². The molecule has 1 heterocycles. The number of carbonyl (C=O) groups excluding carboxylic acids is 4. The van der Waals surface area contributed by atoms with Crippen molar-refractivity contribution < 1.29 is 37.3 Å². The molecule has 1 unspecified atom stereocenters. The average molecular weight is 474 g/mol. The van der Waals surface area contributed by atoms with E-state index in [0.29, 0.717) is 4.90 Å². The Labute approximate surface area is 188 Å². The summed E-state index contributed by atoms with van der Waals surface area (Å²) in [5.74, 6) is -3.98. The molecule has 0 saturated carbocycles. The molecule has 0 saturated heterocycles. The Morgan fingerprint density at radius 3 is 2.21 bits per heavy atom. The van der Waals surface area contributed by atoms with Gasteiger partial charge < -0.3 is 4.74 Å². The molecule has 2 aromatic carbocycles. The van der Waals surface area contributed by atoms with E-state index in [4.69, 9.17) is 4.74 Å². The van der Waals surface area contributed by atoms with E-state index in [-0.39, 0.29) is 22.4 Å². The molecule has 33 heavy (non-hydrogen) atoms. The first-order chi connectivity index (χ1) is 15.5. The molecule has 2 aromatic rings. The molecule has 172 valence electrons. The number of fused-ring (bicyclic) bond motifs is 1. The van der Waals surface area contributed by atoms with E-state index in [1.165, 1.54) is 42.5 Å². The molecule has 12 heteroatoms. The molecule has 0 spiro atoms. The van der Waals surface area contributed by atoms with Crippen LogP contribution in [0.2, 0.25) is 0 Å². The van der Waals surface area contributed by atoms with Crippen LogP contribution in [0.4, 0.5) is 5.69 Å². The van der Waals surface area contributed by atoms with Crippen LogP contribution in [0.3, 0.4) is 0 Å². The number of rotatable bonds is 9. The lowest BCUT2D eigenvalue weighted by atomic mass is 10.1. The third-order valence-corrected chi connectivity index (χ3v) is 5.87. The minimum atomic E-state index is -3.56.